The summed E-state index contributed by atoms with van der Waals surface area (Å²) in [4.78, 5) is 14.8. The Hall–Kier alpha value is -2.25. The Morgan fingerprint density at radius 1 is 1.29 bits per heavy atom. The first-order valence-corrected chi connectivity index (χ1v) is 12.3. The molecule has 1 aromatic rings. The molecule has 188 valence electrons. The molecule has 0 saturated carbocycles. The standard InChI is InChI=1S/C27H39NO6/c1-17(2)9-8-12-26(6)20-14-27(13-18(29)15-28(27)24(31)34-25(3,4)5)16-32-22(20)19-10-7-11-21(30)23(19)33-26/h7,9-11,18,20,22,29-30H,8,12-16H2,1-6H3/t18-,20-,22+,26+,27?/m1/s1. The number of nitrogens with zero attached hydrogens (tertiary/aromatic N) is 1. The fourth-order valence-electron chi connectivity index (χ4n) is 5.78. The molecule has 7 nitrogen and oxygen atoms in total. The zero-order valence-electron chi connectivity index (χ0n) is 21.3. The number of amides is 1. The number of allylic oxidation sites excluding steroid dienone is 2. The zero-order valence-corrected chi connectivity index (χ0v) is 21.3. The number of phenolic OH excluding ortho intramolecular Hbond substituents is 1. The lowest BCUT2D eigenvalue weighted by atomic mass is 9.68. The highest BCUT2D eigenvalue weighted by Crippen LogP contribution is 2.57. The van der Waals surface area contributed by atoms with Gasteiger partial charge in [0, 0.05) is 17.9 Å². The third-order valence-electron chi connectivity index (χ3n) is 7.34. The van der Waals surface area contributed by atoms with Crippen LogP contribution >= 0.6 is 0 Å². The number of hydrogen-bond acceptors (Lipinski definition) is 6. The summed E-state index contributed by atoms with van der Waals surface area (Å²) in [6.07, 6.45) is 3.49. The van der Waals surface area contributed by atoms with Crippen molar-refractivity contribution in [3.8, 4) is 11.5 Å². The Kier molecular flexibility index (Phi) is 6.40. The van der Waals surface area contributed by atoms with Crippen molar-refractivity contribution in [2.24, 2.45) is 5.92 Å². The predicted molar refractivity (Wildman–Crippen MR) is 129 cm³/mol. The van der Waals surface area contributed by atoms with Crippen molar-refractivity contribution in [3.63, 3.8) is 0 Å². The quantitative estimate of drug-likeness (QED) is 0.593. The van der Waals surface area contributed by atoms with Crippen LogP contribution < -0.4 is 4.74 Å². The normalized spacial score (nSPS) is 32.6. The van der Waals surface area contributed by atoms with Gasteiger partial charge in [0.1, 0.15) is 11.2 Å². The first kappa shape index (κ1) is 24.9. The van der Waals surface area contributed by atoms with E-state index in [0.717, 1.165) is 18.4 Å². The van der Waals surface area contributed by atoms with Gasteiger partial charge in [-0.05, 0) is 66.9 Å². The number of ether oxygens (including phenoxy) is 3. The monoisotopic (exact) mass is 473 g/mol. The molecule has 0 radical (unpaired) electrons. The molecule has 4 rings (SSSR count). The highest BCUT2D eigenvalue weighted by atomic mass is 16.6. The number of phenols is 1. The molecular formula is C27H39NO6. The van der Waals surface area contributed by atoms with Gasteiger partial charge in [0.2, 0.25) is 0 Å². The SMILES string of the molecule is CC(C)=CCC[C@]1(C)Oc2c(O)cccc2[C@@H]2OCC3(C[C@@H](O)CN3C(=O)OC(C)(C)C)C[C@H]21. The van der Waals surface area contributed by atoms with Crippen LogP contribution in [0.15, 0.2) is 29.8 Å². The van der Waals surface area contributed by atoms with E-state index < -0.39 is 28.9 Å². The number of likely N-dealkylation sites (tertiary alicyclic amines) is 1. The average Bonchev–Trinajstić information content (AvgIpc) is 3.03. The number of hydrogen-bond donors (Lipinski definition) is 2. The third-order valence-corrected chi connectivity index (χ3v) is 7.34. The van der Waals surface area contributed by atoms with Gasteiger partial charge in [-0.2, -0.15) is 0 Å². The molecular weight excluding hydrogens is 434 g/mol. The molecule has 34 heavy (non-hydrogen) atoms. The van der Waals surface area contributed by atoms with Crippen LogP contribution in [0.1, 0.15) is 78.9 Å². The summed E-state index contributed by atoms with van der Waals surface area (Å²) in [6, 6.07) is 5.38. The zero-order chi connectivity index (χ0) is 24.9. The number of aliphatic hydroxyl groups is 1. The molecule has 3 heterocycles. The summed E-state index contributed by atoms with van der Waals surface area (Å²) in [7, 11) is 0. The maximum atomic E-state index is 13.2. The number of carbonyl (C=O) groups is 1. The molecule has 2 saturated heterocycles. The van der Waals surface area contributed by atoms with E-state index in [0.29, 0.717) is 25.2 Å². The van der Waals surface area contributed by atoms with Crippen LogP contribution in [-0.4, -0.2) is 57.2 Å². The first-order valence-electron chi connectivity index (χ1n) is 12.3. The Labute approximate surface area is 202 Å². The molecule has 0 aliphatic carbocycles. The minimum atomic E-state index is -0.668. The van der Waals surface area contributed by atoms with Crippen molar-refractivity contribution < 1.29 is 29.2 Å². The van der Waals surface area contributed by atoms with Crippen LogP contribution in [0.2, 0.25) is 0 Å². The second kappa shape index (κ2) is 8.76. The summed E-state index contributed by atoms with van der Waals surface area (Å²) in [6.45, 7) is 12.3. The maximum Gasteiger partial charge on any atom is 0.410 e. The lowest BCUT2D eigenvalue weighted by Crippen LogP contribution is -2.60. The van der Waals surface area contributed by atoms with Gasteiger partial charge in [0.25, 0.3) is 0 Å². The number of aromatic hydroxyl groups is 1. The van der Waals surface area contributed by atoms with Gasteiger partial charge in [0.15, 0.2) is 11.5 Å². The molecule has 2 fully saturated rings. The molecule has 0 aromatic heterocycles. The van der Waals surface area contributed by atoms with Crippen molar-refractivity contribution in [2.45, 2.75) is 96.2 Å². The van der Waals surface area contributed by atoms with Crippen molar-refractivity contribution in [2.75, 3.05) is 13.2 Å². The topological polar surface area (TPSA) is 88.5 Å². The Bertz CT molecular complexity index is 964. The molecule has 1 amide bonds. The number of para-hydroxylation sites is 1. The molecule has 1 aromatic carbocycles. The molecule has 3 aliphatic heterocycles. The number of carbonyl (C=O) groups excluding carboxylic acids is 1. The van der Waals surface area contributed by atoms with E-state index in [9.17, 15) is 15.0 Å². The van der Waals surface area contributed by atoms with Crippen LogP contribution in [0.5, 0.6) is 11.5 Å². The number of fused-ring (bicyclic) bond motifs is 3. The van der Waals surface area contributed by atoms with Crippen molar-refractivity contribution in [3.05, 3.63) is 35.4 Å². The third kappa shape index (κ3) is 4.65. The van der Waals surface area contributed by atoms with E-state index in [4.69, 9.17) is 14.2 Å². The van der Waals surface area contributed by atoms with Crippen LogP contribution in [0.3, 0.4) is 0 Å². The van der Waals surface area contributed by atoms with Crippen LogP contribution in [0.25, 0.3) is 0 Å². The predicted octanol–water partition coefficient (Wildman–Crippen LogP) is 5.11. The average molecular weight is 474 g/mol. The highest BCUT2D eigenvalue weighted by Gasteiger charge is 2.59. The number of rotatable bonds is 3. The Balaban J connectivity index is 1.70. The lowest BCUT2D eigenvalue weighted by molar-refractivity contribution is -0.170. The Morgan fingerprint density at radius 2 is 2.03 bits per heavy atom. The maximum absolute atomic E-state index is 13.2. The van der Waals surface area contributed by atoms with Crippen LogP contribution in [-0.2, 0) is 9.47 Å². The summed E-state index contributed by atoms with van der Waals surface area (Å²) in [5.41, 5.74) is 0.154. The van der Waals surface area contributed by atoms with E-state index in [1.165, 1.54) is 5.57 Å². The smallest absolute Gasteiger partial charge is 0.410 e. The largest absolute Gasteiger partial charge is 0.504 e. The molecule has 2 N–H and O–H groups in total. The molecule has 7 heteroatoms. The van der Waals surface area contributed by atoms with Gasteiger partial charge in [-0.15, -0.1) is 0 Å². The summed E-state index contributed by atoms with van der Waals surface area (Å²) < 4.78 is 18.8. The van der Waals surface area contributed by atoms with Gasteiger partial charge in [-0.25, -0.2) is 4.79 Å². The summed E-state index contributed by atoms with van der Waals surface area (Å²) in [5, 5.41) is 21.2. The van der Waals surface area contributed by atoms with Gasteiger partial charge < -0.3 is 24.4 Å². The van der Waals surface area contributed by atoms with Gasteiger partial charge in [-0.1, -0.05) is 23.8 Å². The Morgan fingerprint density at radius 3 is 2.71 bits per heavy atom. The number of benzene rings is 1. The van der Waals surface area contributed by atoms with Crippen molar-refractivity contribution in [1.29, 1.82) is 0 Å². The molecule has 3 aliphatic rings. The van der Waals surface area contributed by atoms with Crippen LogP contribution in [0.4, 0.5) is 4.79 Å². The highest BCUT2D eigenvalue weighted by molar-refractivity contribution is 5.70. The van der Waals surface area contributed by atoms with Gasteiger partial charge in [0.05, 0.1) is 30.9 Å². The fraction of sp³-hybridized carbons (Fsp3) is 0.667. The van der Waals surface area contributed by atoms with Gasteiger partial charge in [-0.3, -0.25) is 4.90 Å². The second-order valence-electron chi connectivity index (χ2n) is 11.6. The van der Waals surface area contributed by atoms with Crippen molar-refractivity contribution >= 4 is 6.09 Å². The molecule has 5 atom stereocenters. The molecule has 1 spiro atoms. The van der Waals surface area contributed by atoms with E-state index in [-0.39, 0.29) is 24.3 Å². The second-order valence-corrected chi connectivity index (χ2v) is 11.6. The minimum Gasteiger partial charge on any atom is -0.504 e. The minimum absolute atomic E-state index is 0.0728. The lowest BCUT2D eigenvalue weighted by Gasteiger charge is -2.54. The summed E-state index contributed by atoms with van der Waals surface area (Å²) >= 11 is 0. The van der Waals surface area contributed by atoms with E-state index in [2.05, 4.69) is 26.8 Å². The number of aliphatic hydroxyl groups excluding tert-OH is 1. The van der Waals surface area contributed by atoms with Crippen LogP contribution in [0, 0.1) is 5.92 Å². The van der Waals surface area contributed by atoms with E-state index in [1.807, 2.05) is 26.8 Å². The van der Waals surface area contributed by atoms with E-state index in [1.54, 1.807) is 17.0 Å². The van der Waals surface area contributed by atoms with Gasteiger partial charge >= 0.3 is 6.09 Å². The fourth-order valence-corrected chi connectivity index (χ4v) is 5.78. The molecule has 1 unspecified atom stereocenters. The van der Waals surface area contributed by atoms with E-state index >= 15 is 0 Å². The first-order chi connectivity index (χ1) is 15.8. The number of β-amino-alcohol motifs (C(OH)–C–C–N with tert-alkyl or cyclic N) is 1. The molecule has 0 bridgehead atoms. The van der Waals surface area contributed by atoms with Crippen molar-refractivity contribution in [1.82, 2.24) is 4.90 Å². The summed E-state index contributed by atoms with van der Waals surface area (Å²) in [5.74, 6) is 0.520.